The van der Waals surface area contributed by atoms with Crippen molar-refractivity contribution in [1.82, 2.24) is 5.32 Å². The Labute approximate surface area is 104 Å². The molecule has 0 aromatic heterocycles. The topological polar surface area (TPSA) is 101 Å². The molecule has 17 heavy (non-hydrogen) atoms. The van der Waals surface area contributed by atoms with Crippen LogP contribution in [0.15, 0.2) is 0 Å². The van der Waals surface area contributed by atoms with Gasteiger partial charge in [-0.3, -0.25) is 4.79 Å². The normalized spacial score (nSPS) is 12.6. The zero-order valence-electron chi connectivity index (χ0n) is 10.7. The summed E-state index contributed by atoms with van der Waals surface area (Å²) in [5.41, 5.74) is 11.3. The highest BCUT2D eigenvalue weighted by Gasteiger charge is 2.01. The molecule has 0 fully saturated rings. The molecule has 0 radical (unpaired) electrons. The molecule has 0 spiro atoms. The first kappa shape index (κ1) is 16.4. The van der Waals surface area contributed by atoms with Gasteiger partial charge in [-0.2, -0.15) is 0 Å². The maximum absolute atomic E-state index is 10.3. The average Bonchev–Trinajstić information content (AvgIpc) is 2.29. The highest BCUT2D eigenvalue weighted by molar-refractivity contribution is 5.66. The van der Waals surface area contributed by atoms with Gasteiger partial charge in [0.25, 0.3) is 0 Å². The van der Waals surface area contributed by atoms with E-state index >= 15 is 0 Å². The van der Waals surface area contributed by atoms with Crippen molar-refractivity contribution in [1.29, 1.82) is 0 Å². The summed E-state index contributed by atoms with van der Waals surface area (Å²) in [5, 5.41) is 11.7. The van der Waals surface area contributed by atoms with E-state index in [4.69, 9.17) is 16.6 Å². The molecule has 5 heteroatoms. The minimum Gasteiger partial charge on any atom is -0.481 e. The number of hydrogen-bond acceptors (Lipinski definition) is 4. The smallest absolute Gasteiger partial charge is 0.303 e. The number of carbonyl (C=O) groups is 1. The van der Waals surface area contributed by atoms with Crippen molar-refractivity contribution in [2.24, 2.45) is 11.5 Å². The van der Waals surface area contributed by atoms with Gasteiger partial charge in [-0.1, -0.05) is 19.3 Å². The second kappa shape index (κ2) is 11.8. The van der Waals surface area contributed by atoms with E-state index in [0.717, 1.165) is 58.0 Å². The third-order valence-corrected chi connectivity index (χ3v) is 2.69. The molecule has 0 aliphatic heterocycles. The molecule has 6 N–H and O–H groups in total. The van der Waals surface area contributed by atoms with Crippen LogP contribution in [0.2, 0.25) is 0 Å². The standard InChI is InChI=1S/C12H27N3O2/c13-9-5-1-3-7-11(14)15-10-6-2-4-8-12(16)17/h11,15H,1-10,13-14H2,(H,16,17). The van der Waals surface area contributed by atoms with E-state index in [-0.39, 0.29) is 12.6 Å². The molecular formula is C12H27N3O2. The molecule has 0 saturated heterocycles. The van der Waals surface area contributed by atoms with Gasteiger partial charge in [-0.05, 0) is 38.8 Å². The molecule has 0 aromatic rings. The Morgan fingerprint density at radius 2 is 1.82 bits per heavy atom. The molecule has 0 aliphatic rings. The summed E-state index contributed by atoms with van der Waals surface area (Å²) in [4.78, 5) is 10.3. The SMILES string of the molecule is NCCCCCC(N)NCCCCCC(=O)O. The highest BCUT2D eigenvalue weighted by atomic mass is 16.4. The van der Waals surface area contributed by atoms with Crippen molar-refractivity contribution in [3.63, 3.8) is 0 Å². The van der Waals surface area contributed by atoms with E-state index in [0.29, 0.717) is 0 Å². The monoisotopic (exact) mass is 245 g/mol. The first-order valence-corrected chi connectivity index (χ1v) is 6.57. The number of rotatable bonds is 12. The van der Waals surface area contributed by atoms with Crippen LogP contribution in [0.25, 0.3) is 0 Å². The maximum Gasteiger partial charge on any atom is 0.303 e. The fourth-order valence-electron chi connectivity index (χ4n) is 1.65. The number of carboxylic acid groups (broad SMARTS) is 1. The molecule has 0 aliphatic carbocycles. The number of aliphatic carboxylic acids is 1. The molecule has 0 rings (SSSR count). The lowest BCUT2D eigenvalue weighted by molar-refractivity contribution is -0.137. The molecule has 1 atom stereocenters. The number of nitrogens with two attached hydrogens (primary N) is 2. The van der Waals surface area contributed by atoms with Crippen LogP contribution in [0.3, 0.4) is 0 Å². The van der Waals surface area contributed by atoms with Crippen molar-refractivity contribution in [3.8, 4) is 0 Å². The summed E-state index contributed by atoms with van der Waals surface area (Å²) in [5.74, 6) is -0.713. The van der Waals surface area contributed by atoms with Crippen LogP contribution in [0.4, 0.5) is 0 Å². The molecule has 0 aromatic carbocycles. The third kappa shape index (κ3) is 13.3. The zero-order chi connectivity index (χ0) is 12.9. The van der Waals surface area contributed by atoms with Gasteiger partial charge in [-0.15, -0.1) is 0 Å². The van der Waals surface area contributed by atoms with E-state index in [1.807, 2.05) is 0 Å². The second-order valence-corrected chi connectivity index (χ2v) is 4.40. The fourth-order valence-corrected chi connectivity index (χ4v) is 1.65. The van der Waals surface area contributed by atoms with Gasteiger partial charge in [0.1, 0.15) is 0 Å². The molecule has 0 amide bonds. The van der Waals surface area contributed by atoms with Crippen LogP contribution in [-0.2, 0) is 4.79 Å². The lowest BCUT2D eigenvalue weighted by Crippen LogP contribution is -2.37. The Bertz CT molecular complexity index is 189. The zero-order valence-corrected chi connectivity index (χ0v) is 10.7. The number of carboxylic acids is 1. The largest absolute Gasteiger partial charge is 0.481 e. The molecular weight excluding hydrogens is 218 g/mol. The van der Waals surface area contributed by atoms with Crippen molar-refractivity contribution in [3.05, 3.63) is 0 Å². The average molecular weight is 245 g/mol. The molecule has 0 heterocycles. The van der Waals surface area contributed by atoms with Crippen LogP contribution in [0, 0.1) is 0 Å². The molecule has 0 saturated carbocycles. The fraction of sp³-hybridized carbons (Fsp3) is 0.917. The Morgan fingerprint density at radius 3 is 2.47 bits per heavy atom. The maximum atomic E-state index is 10.3. The van der Waals surface area contributed by atoms with Gasteiger partial charge in [0, 0.05) is 6.42 Å². The summed E-state index contributed by atoms with van der Waals surface area (Å²) in [6, 6.07) is 0. The van der Waals surface area contributed by atoms with Crippen molar-refractivity contribution in [2.45, 2.75) is 57.5 Å². The van der Waals surface area contributed by atoms with E-state index in [1.54, 1.807) is 0 Å². The van der Waals surface area contributed by atoms with Gasteiger partial charge in [0.15, 0.2) is 0 Å². The number of hydrogen-bond donors (Lipinski definition) is 4. The van der Waals surface area contributed by atoms with Crippen LogP contribution < -0.4 is 16.8 Å². The Balaban J connectivity index is 3.16. The lowest BCUT2D eigenvalue weighted by Gasteiger charge is -2.13. The molecule has 102 valence electrons. The van der Waals surface area contributed by atoms with Crippen LogP contribution in [0.1, 0.15) is 51.4 Å². The Hall–Kier alpha value is -0.650. The first-order valence-electron chi connectivity index (χ1n) is 6.57. The highest BCUT2D eigenvalue weighted by Crippen LogP contribution is 2.01. The van der Waals surface area contributed by atoms with Crippen molar-refractivity contribution < 1.29 is 9.90 Å². The molecule has 0 bridgehead atoms. The van der Waals surface area contributed by atoms with E-state index in [9.17, 15) is 4.79 Å². The van der Waals surface area contributed by atoms with Gasteiger partial charge in [0.05, 0.1) is 6.17 Å². The third-order valence-electron chi connectivity index (χ3n) is 2.69. The van der Waals surface area contributed by atoms with Gasteiger partial charge in [-0.25, -0.2) is 0 Å². The van der Waals surface area contributed by atoms with E-state index in [1.165, 1.54) is 0 Å². The van der Waals surface area contributed by atoms with Gasteiger partial charge in [0.2, 0.25) is 0 Å². The summed E-state index contributed by atoms with van der Waals surface area (Å²) in [7, 11) is 0. The van der Waals surface area contributed by atoms with Crippen LogP contribution in [0.5, 0.6) is 0 Å². The van der Waals surface area contributed by atoms with E-state index < -0.39 is 5.97 Å². The van der Waals surface area contributed by atoms with Gasteiger partial charge < -0.3 is 21.9 Å². The summed E-state index contributed by atoms with van der Waals surface area (Å²) >= 11 is 0. The lowest BCUT2D eigenvalue weighted by atomic mass is 10.1. The van der Waals surface area contributed by atoms with Crippen LogP contribution >= 0.6 is 0 Å². The predicted octanol–water partition coefficient (Wildman–Crippen LogP) is 1.02. The van der Waals surface area contributed by atoms with Crippen molar-refractivity contribution in [2.75, 3.05) is 13.1 Å². The minimum atomic E-state index is -0.713. The second-order valence-electron chi connectivity index (χ2n) is 4.40. The number of nitrogens with one attached hydrogen (secondary N) is 1. The van der Waals surface area contributed by atoms with Crippen LogP contribution in [-0.4, -0.2) is 30.3 Å². The van der Waals surface area contributed by atoms with Gasteiger partial charge >= 0.3 is 5.97 Å². The summed E-state index contributed by atoms with van der Waals surface area (Å²) in [6.07, 6.45) is 7.33. The molecule has 5 nitrogen and oxygen atoms in total. The number of unbranched alkanes of at least 4 members (excludes halogenated alkanes) is 4. The van der Waals surface area contributed by atoms with Crippen molar-refractivity contribution >= 4 is 5.97 Å². The molecule has 1 unspecified atom stereocenters. The first-order chi connectivity index (χ1) is 8.16. The predicted molar refractivity (Wildman–Crippen MR) is 69.6 cm³/mol. The summed E-state index contributed by atoms with van der Waals surface area (Å²) < 4.78 is 0. The minimum absolute atomic E-state index is 0.0623. The quantitative estimate of drug-likeness (QED) is 0.304. The van der Waals surface area contributed by atoms with E-state index in [2.05, 4.69) is 5.32 Å². The summed E-state index contributed by atoms with van der Waals surface area (Å²) in [6.45, 7) is 1.63. The Kier molecular flexibility index (Phi) is 11.4. The Morgan fingerprint density at radius 1 is 1.12 bits per heavy atom.